The maximum atomic E-state index is 13.1. The fourth-order valence-corrected chi connectivity index (χ4v) is 6.17. The molecule has 2 unspecified atom stereocenters. The Kier molecular flexibility index (Phi) is 7.95. The highest BCUT2D eigenvalue weighted by molar-refractivity contribution is 6.50. The average Bonchev–Trinajstić information content (AvgIpc) is 3.07. The molecule has 2 N–H and O–H groups in total. The number of likely N-dealkylation sites (tertiary alicyclic amines) is 2. The maximum Gasteiger partial charge on any atom is 0.225 e. The van der Waals surface area contributed by atoms with Crippen molar-refractivity contribution in [2.45, 2.75) is 36.1 Å². The van der Waals surface area contributed by atoms with Crippen LogP contribution in [0.3, 0.4) is 0 Å². The lowest BCUT2D eigenvalue weighted by atomic mass is 9.90. The van der Waals surface area contributed by atoms with Crippen LogP contribution >= 0.6 is 23.2 Å². The fourth-order valence-electron chi connectivity index (χ4n) is 5.41. The van der Waals surface area contributed by atoms with E-state index in [0.29, 0.717) is 12.5 Å². The molecule has 0 spiro atoms. The van der Waals surface area contributed by atoms with Crippen LogP contribution in [-0.4, -0.2) is 52.8 Å². The zero-order chi connectivity index (χ0) is 23.4. The summed E-state index contributed by atoms with van der Waals surface area (Å²) in [5, 5.41) is 0. The first-order valence-electron chi connectivity index (χ1n) is 11.8. The molecule has 0 aromatic heterocycles. The van der Waals surface area contributed by atoms with Gasteiger partial charge in [-0.05, 0) is 74.5 Å². The van der Waals surface area contributed by atoms with Crippen LogP contribution in [0.15, 0.2) is 54.6 Å². The van der Waals surface area contributed by atoms with E-state index in [-0.39, 0.29) is 11.9 Å². The van der Waals surface area contributed by atoms with Gasteiger partial charge in [0.2, 0.25) is 5.91 Å². The van der Waals surface area contributed by atoms with Gasteiger partial charge < -0.3 is 10.6 Å². The number of carbonyl (C=O) groups is 1. The number of alkyl halides is 2. The largest absolute Gasteiger partial charge is 0.369 e. The summed E-state index contributed by atoms with van der Waals surface area (Å²) in [6.45, 7) is 4.38. The molecule has 7 heteroatoms. The number of hydrogen-bond acceptors (Lipinski definition) is 3. The van der Waals surface area contributed by atoms with Gasteiger partial charge in [0.25, 0.3) is 0 Å². The Hall–Kier alpha value is -1.66. The number of piperidine rings is 1. The second kappa shape index (κ2) is 10.7. The van der Waals surface area contributed by atoms with Crippen LogP contribution in [0.2, 0.25) is 0 Å². The van der Waals surface area contributed by atoms with Crippen molar-refractivity contribution in [3.05, 3.63) is 71.5 Å². The van der Waals surface area contributed by atoms with Gasteiger partial charge in [0.05, 0.1) is 5.92 Å². The second-order valence-electron chi connectivity index (χ2n) is 9.44. The summed E-state index contributed by atoms with van der Waals surface area (Å²) in [6.07, 6.45) is 4.30. The zero-order valence-corrected chi connectivity index (χ0v) is 20.3. The summed E-state index contributed by atoms with van der Waals surface area (Å²) in [7, 11) is 0. The molecule has 0 bridgehead atoms. The minimum Gasteiger partial charge on any atom is -0.369 e. The Bertz CT molecular complexity index is 917. The van der Waals surface area contributed by atoms with Crippen molar-refractivity contribution < 1.29 is 9.18 Å². The molecule has 2 heterocycles. The molecule has 2 fully saturated rings. The normalized spacial score (nSPS) is 24.2. The van der Waals surface area contributed by atoms with Gasteiger partial charge in [0, 0.05) is 19.1 Å². The van der Waals surface area contributed by atoms with E-state index >= 15 is 0 Å². The monoisotopic (exact) mass is 491 g/mol. The van der Waals surface area contributed by atoms with Crippen LogP contribution in [0.25, 0.3) is 0 Å². The summed E-state index contributed by atoms with van der Waals surface area (Å²) in [4.78, 5) is 17.0. The van der Waals surface area contributed by atoms with Crippen LogP contribution in [0.5, 0.6) is 0 Å². The minimum absolute atomic E-state index is 0.177. The Morgan fingerprint density at radius 3 is 2.33 bits per heavy atom. The van der Waals surface area contributed by atoms with E-state index < -0.39 is 16.2 Å². The molecule has 4 rings (SSSR count). The Balaban J connectivity index is 1.29. The molecule has 0 saturated carbocycles. The molecule has 0 aliphatic carbocycles. The quantitative estimate of drug-likeness (QED) is 0.539. The van der Waals surface area contributed by atoms with E-state index in [2.05, 4.69) is 9.80 Å². The molecule has 2 aromatic rings. The van der Waals surface area contributed by atoms with Crippen LogP contribution in [-0.2, 0) is 11.2 Å². The number of benzene rings is 2. The Morgan fingerprint density at radius 2 is 1.70 bits per heavy atom. The number of amides is 1. The number of rotatable bonds is 8. The predicted molar refractivity (Wildman–Crippen MR) is 132 cm³/mol. The van der Waals surface area contributed by atoms with Crippen molar-refractivity contribution in [3.8, 4) is 0 Å². The fraction of sp³-hybridized carbons (Fsp3) is 0.500. The lowest BCUT2D eigenvalue weighted by Gasteiger charge is -2.33. The van der Waals surface area contributed by atoms with E-state index in [1.165, 1.54) is 5.56 Å². The van der Waals surface area contributed by atoms with Crippen molar-refractivity contribution in [2.75, 3.05) is 32.7 Å². The number of nitrogens with zero attached hydrogens (tertiary/aromatic N) is 2. The maximum absolute atomic E-state index is 13.1. The third-order valence-corrected chi connectivity index (χ3v) is 7.80. The Morgan fingerprint density at radius 1 is 1.03 bits per heavy atom. The third kappa shape index (κ3) is 6.07. The molecule has 33 heavy (non-hydrogen) atoms. The standard InChI is InChI=1S/C26H32Cl2FN3O/c27-26(28)18-32(24(23(26)25(30)33)21-5-2-1-3-6-21)14-4-13-31-15-11-20(12-16-31)17-19-7-9-22(29)10-8-19/h1-3,5-10,20,23-24H,4,11-18H2,(H2,30,33). The van der Waals surface area contributed by atoms with E-state index in [0.717, 1.165) is 57.4 Å². The molecule has 2 atom stereocenters. The van der Waals surface area contributed by atoms with Crippen LogP contribution in [0, 0.1) is 17.7 Å². The lowest BCUT2D eigenvalue weighted by Crippen LogP contribution is -2.37. The van der Waals surface area contributed by atoms with E-state index in [1.54, 1.807) is 12.1 Å². The van der Waals surface area contributed by atoms with Crippen molar-refractivity contribution in [1.82, 2.24) is 9.80 Å². The molecule has 2 saturated heterocycles. The van der Waals surface area contributed by atoms with Gasteiger partial charge in [-0.3, -0.25) is 9.69 Å². The molecule has 2 aliphatic rings. The molecule has 2 aromatic carbocycles. The highest BCUT2D eigenvalue weighted by Crippen LogP contribution is 2.48. The summed E-state index contributed by atoms with van der Waals surface area (Å²) >= 11 is 13.2. The third-order valence-electron chi connectivity index (χ3n) is 7.09. The van der Waals surface area contributed by atoms with E-state index in [4.69, 9.17) is 28.9 Å². The molecular formula is C26H32Cl2FN3O. The molecule has 0 radical (unpaired) electrons. The van der Waals surface area contributed by atoms with Gasteiger partial charge in [0.1, 0.15) is 10.2 Å². The van der Waals surface area contributed by atoms with E-state index in [1.807, 2.05) is 42.5 Å². The first kappa shape index (κ1) is 24.5. The number of primary amides is 1. The SMILES string of the molecule is NC(=O)C1C(c2ccccc2)N(CCCN2CCC(Cc3ccc(F)cc3)CC2)CC1(Cl)Cl. The second-order valence-corrected chi connectivity index (χ2v) is 11.0. The van der Waals surface area contributed by atoms with Gasteiger partial charge in [-0.15, -0.1) is 0 Å². The van der Waals surface area contributed by atoms with Crippen molar-refractivity contribution in [1.29, 1.82) is 0 Å². The number of halogens is 3. The first-order chi connectivity index (χ1) is 15.8. The average molecular weight is 492 g/mol. The van der Waals surface area contributed by atoms with Crippen molar-refractivity contribution >= 4 is 29.1 Å². The van der Waals surface area contributed by atoms with E-state index in [9.17, 15) is 9.18 Å². The van der Waals surface area contributed by atoms with Gasteiger partial charge in [-0.2, -0.15) is 0 Å². The molecule has 178 valence electrons. The summed E-state index contributed by atoms with van der Waals surface area (Å²) < 4.78 is 11.9. The van der Waals surface area contributed by atoms with Gasteiger partial charge >= 0.3 is 0 Å². The lowest BCUT2D eigenvalue weighted by molar-refractivity contribution is -0.122. The van der Waals surface area contributed by atoms with Gasteiger partial charge in [0.15, 0.2) is 0 Å². The predicted octanol–water partition coefficient (Wildman–Crippen LogP) is 4.80. The number of nitrogens with two attached hydrogens (primary N) is 1. The van der Waals surface area contributed by atoms with Crippen LogP contribution in [0.4, 0.5) is 4.39 Å². The minimum atomic E-state index is -1.19. The Labute approximate surface area is 205 Å². The highest BCUT2D eigenvalue weighted by atomic mass is 35.5. The number of carbonyl (C=O) groups excluding carboxylic acids is 1. The smallest absolute Gasteiger partial charge is 0.225 e. The topological polar surface area (TPSA) is 49.6 Å². The first-order valence-corrected chi connectivity index (χ1v) is 12.5. The van der Waals surface area contributed by atoms with Crippen molar-refractivity contribution in [2.24, 2.45) is 17.6 Å². The van der Waals surface area contributed by atoms with Crippen molar-refractivity contribution in [3.63, 3.8) is 0 Å². The zero-order valence-electron chi connectivity index (χ0n) is 18.8. The van der Waals surface area contributed by atoms with Gasteiger partial charge in [-0.25, -0.2) is 4.39 Å². The highest BCUT2D eigenvalue weighted by Gasteiger charge is 2.54. The number of hydrogen-bond donors (Lipinski definition) is 1. The molecule has 4 nitrogen and oxygen atoms in total. The summed E-state index contributed by atoms with van der Waals surface area (Å²) in [5.41, 5.74) is 7.96. The van der Waals surface area contributed by atoms with Crippen LogP contribution in [0.1, 0.15) is 36.4 Å². The molecular weight excluding hydrogens is 460 g/mol. The summed E-state index contributed by atoms with van der Waals surface area (Å²) in [6, 6.07) is 16.6. The molecule has 1 amide bonds. The summed E-state index contributed by atoms with van der Waals surface area (Å²) in [5.74, 6) is -0.633. The van der Waals surface area contributed by atoms with Gasteiger partial charge in [-0.1, -0.05) is 65.7 Å². The van der Waals surface area contributed by atoms with Crippen LogP contribution < -0.4 is 5.73 Å². The molecule has 2 aliphatic heterocycles.